The summed E-state index contributed by atoms with van der Waals surface area (Å²) < 4.78 is 2.33. The van der Waals surface area contributed by atoms with Crippen LogP contribution in [0.15, 0.2) is 134 Å². The summed E-state index contributed by atoms with van der Waals surface area (Å²) in [6, 6.07) is 28.1. The fourth-order valence-electron chi connectivity index (χ4n) is 5.14. The lowest BCUT2D eigenvalue weighted by molar-refractivity contribution is 1.18. The number of aromatic nitrogens is 1. The number of nitrogen functional groups attached to an aromatic ring is 1. The third kappa shape index (κ3) is 3.60. The van der Waals surface area contributed by atoms with E-state index in [9.17, 15) is 0 Å². The van der Waals surface area contributed by atoms with Gasteiger partial charge in [0.15, 0.2) is 0 Å². The molecule has 0 amide bonds. The van der Waals surface area contributed by atoms with Crippen LogP contribution < -0.4 is 5.73 Å². The third-order valence-electron chi connectivity index (χ3n) is 6.74. The van der Waals surface area contributed by atoms with E-state index in [1.54, 1.807) is 0 Å². The molecule has 5 aromatic rings. The first kappa shape index (κ1) is 21.0. The van der Waals surface area contributed by atoms with Crippen molar-refractivity contribution in [2.75, 3.05) is 5.73 Å². The maximum atomic E-state index is 6.25. The van der Waals surface area contributed by atoms with Crippen molar-refractivity contribution in [2.24, 2.45) is 0 Å². The Morgan fingerprint density at radius 3 is 2.51 bits per heavy atom. The van der Waals surface area contributed by atoms with E-state index in [-0.39, 0.29) is 0 Å². The van der Waals surface area contributed by atoms with Crippen molar-refractivity contribution < 1.29 is 0 Å². The predicted molar refractivity (Wildman–Crippen MR) is 152 cm³/mol. The minimum atomic E-state index is 0.765. The first-order valence-corrected chi connectivity index (χ1v) is 11.9. The molecule has 4 aromatic carbocycles. The van der Waals surface area contributed by atoms with Gasteiger partial charge in [0.1, 0.15) is 0 Å². The molecule has 2 N–H and O–H groups in total. The standard InChI is InChI=1S/C33H26N2/c1-2-3-12-28(23-9-5-4-6-10-23)25-14-18-27(19-15-25)35-31-21-16-24-11-7-8-13-29(24)33(31)30-20-17-26(34)22-32(30)35/h2-9,11-22H,1,10,34H2/b12-3-,28-23+. The Bertz CT molecular complexity index is 1720. The molecule has 0 spiro atoms. The Morgan fingerprint density at radius 1 is 0.857 bits per heavy atom. The van der Waals surface area contributed by atoms with Gasteiger partial charge in [-0.1, -0.05) is 97.6 Å². The monoisotopic (exact) mass is 450 g/mol. The molecule has 0 atom stereocenters. The van der Waals surface area contributed by atoms with Crippen LogP contribution in [0.25, 0.3) is 43.8 Å². The van der Waals surface area contributed by atoms with Crippen LogP contribution in [-0.4, -0.2) is 4.57 Å². The van der Waals surface area contributed by atoms with E-state index in [1.165, 1.54) is 43.8 Å². The van der Waals surface area contributed by atoms with Gasteiger partial charge in [0.05, 0.1) is 11.0 Å². The fraction of sp³-hybridized carbons (Fsp3) is 0.0303. The number of anilines is 1. The van der Waals surface area contributed by atoms with E-state index in [0.29, 0.717) is 0 Å². The van der Waals surface area contributed by atoms with Gasteiger partial charge in [0.2, 0.25) is 0 Å². The molecule has 1 aromatic heterocycles. The van der Waals surface area contributed by atoms with Crippen LogP contribution in [0.4, 0.5) is 5.69 Å². The van der Waals surface area contributed by atoms with Crippen LogP contribution in [0.5, 0.6) is 0 Å². The van der Waals surface area contributed by atoms with Crippen molar-refractivity contribution in [3.8, 4) is 5.69 Å². The van der Waals surface area contributed by atoms with Crippen LogP contribution in [0, 0.1) is 0 Å². The van der Waals surface area contributed by atoms with Crippen molar-refractivity contribution >= 4 is 43.8 Å². The second-order valence-electron chi connectivity index (χ2n) is 8.86. The van der Waals surface area contributed by atoms with Crippen LogP contribution in [-0.2, 0) is 0 Å². The van der Waals surface area contributed by atoms with Crippen molar-refractivity contribution in [3.63, 3.8) is 0 Å². The van der Waals surface area contributed by atoms with Crippen LogP contribution in [0.3, 0.4) is 0 Å². The van der Waals surface area contributed by atoms with E-state index >= 15 is 0 Å². The molecular formula is C33H26N2. The normalized spacial score (nSPS) is 15.0. The highest BCUT2D eigenvalue weighted by molar-refractivity contribution is 6.21. The first-order chi connectivity index (χ1) is 17.2. The SMILES string of the molecule is C=C/C=C\C(=C1\C=CC=CC1)c1ccc(-n2c3cc(N)ccc3c3c4ccccc4ccc32)cc1. The smallest absolute Gasteiger partial charge is 0.0561 e. The molecule has 0 fully saturated rings. The Labute approximate surface area is 205 Å². The highest BCUT2D eigenvalue weighted by Crippen LogP contribution is 2.38. The molecule has 0 radical (unpaired) electrons. The molecule has 1 heterocycles. The van der Waals surface area contributed by atoms with Gasteiger partial charge in [-0.2, -0.15) is 0 Å². The van der Waals surface area contributed by atoms with Gasteiger partial charge < -0.3 is 10.3 Å². The van der Waals surface area contributed by atoms with Crippen LogP contribution >= 0.6 is 0 Å². The molecule has 0 bridgehead atoms. The molecule has 6 rings (SSSR count). The lowest BCUT2D eigenvalue weighted by atomic mass is 9.95. The van der Waals surface area contributed by atoms with Gasteiger partial charge in [-0.15, -0.1) is 0 Å². The van der Waals surface area contributed by atoms with Crippen LogP contribution in [0.1, 0.15) is 12.0 Å². The van der Waals surface area contributed by atoms with Crippen molar-refractivity contribution in [3.05, 3.63) is 139 Å². The highest BCUT2D eigenvalue weighted by Gasteiger charge is 2.15. The van der Waals surface area contributed by atoms with Gasteiger partial charge >= 0.3 is 0 Å². The van der Waals surface area contributed by atoms with Gasteiger partial charge in [-0.3, -0.25) is 0 Å². The quantitative estimate of drug-likeness (QED) is 0.216. The molecule has 0 aliphatic heterocycles. The van der Waals surface area contributed by atoms with E-state index in [1.807, 2.05) is 18.2 Å². The average molecular weight is 451 g/mol. The number of nitrogens with two attached hydrogens (primary N) is 1. The lowest BCUT2D eigenvalue weighted by Gasteiger charge is -2.13. The number of nitrogens with zero attached hydrogens (tertiary/aromatic N) is 1. The Hall–Kier alpha value is -4.56. The molecule has 2 nitrogen and oxygen atoms in total. The Kier molecular flexibility index (Phi) is 5.20. The van der Waals surface area contributed by atoms with Gasteiger partial charge in [0, 0.05) is 22.1 Å². The minimum absolute atomic E-state index is 0.765. The second kappa shape index (κ2) is 8.66. The molecule has 2 heteroatoms. The topological polar surface area (TPSA) is 30.9 Å². The summed E-state index contributed by atoms with van der Waals surface area (Å²) in [5.74, 6) is 0. The number of hydrogen-bond donors (Lipinski definition) is 1. The molecular weight excluding hydrogens is 424 g/mol. The van der Waals surface area contributed by atoms with Crippen molar-refractivity contribution in [1.29, 1.82) is 0 Å². The fourth-order valence-corrected chi connectivity index (χ4v) is 5.14. The Morgan fingerprint density at radius 2 is 1.71 bits per heavy atom. The molecule has 1 aliphatic carbocycles. The summed E-state index contributed by atoms with van der Waals surface area (Å²) in [6.07, 6.45) is 15.5. The minimum Gasteiger partial charge on any atom is -0.399 e. The zero-order chi connectivity index (χ0) is 23.8. The molecule has 168 valence electrons. The van der Waals surface area contributed by atoms with Gasteiger partial charge in [-0.25, -0.2) is 0 Å². The third-order valence-corrected chi connectivity index (χ3v) is 6.74. The molecule has 0 unspecified atom stereocenters. The largest absolute Gasteiger partial charge is 0.399 e. The van der Waals surface area contributed by atoms with E-state index < -0.39 is 0 Å². The van der Waals surface area contributed by atoms with Gasteiger partial charge in [-0.05, 0) is 64.2 Å². The summed E-state index contributed by atoms with van der Waals surface area (Å²) in [5.41, 5.74) is 14.1. The van der Waals surface area contributed by atoms with E-state index in [4.69, 9.17) is 5.73 Å². The summed E-state index contributed by atoms with van der Waals surface area (Å²) in [5, 5.41) is 4.98. The summed E-state index contributed by atoms with van der Waals surface area (Å²) in [4.78, 5) is 0. The molecule has 0 saturated heterocycles. The zero-order valence-corrected chi connectivity index (χ0v) is 19.5. The number of fused-ring (bicyclic) bond motifs is 5. The summed E-state index contributed by atoms with van der Waals surface area (Å²) in [6.45, 7) is 3.85. The van der Waals surface area contributed by atoms with Crippen LogP contribution in [0.2, 0.25) is 0 Å². The van der Waals surface area contributed by atoms with Crippen molar-refractivity contribution in [2.45, 2.75) is 6.42 Å². The summed E-state index contributed by atoms with van der Waals surface area (Å²) >= 11 is 0. The number of allylic oxidation sites excluding steroid dienone is 9. The van der Waals surface area contributed by atoms with Crippen molar-refractivity contribution in [1.82, 2.24) is 4.57 Å². The van der Waals surface area contributed by atoms with E-state index in [2.05, 4.69) is 114 Å². The average Bonchev–Trinajstić information content (AvgIpc) is 3.23. The Balaban J connectivity index is 1.57. The second-order valence-corrected chi connectivity index (χ2v) is 8.86. The first-order valence-electron chi connectivity index (χ1n) is 11.9. The number of benzene rings is 4. The predicted octanol–water partition coefficient (Wildman–Crippen LogP) is 8.53. The zero-order valence-electron chi connectivity index (χ0n) is 19.5. The molecule has 35 heavy (non-hydrogen) atoms. The molecule has 0 saturated carbocycles. The maximum absolute atomic E-state index is 6.25. The lowest BCUT2D eigenvalue weighted by Crippen LogP contribution is -1.96. The number of hydrogen-bond acceptors (Lipinski definition) is 1. The van der Waals surface area contributed by atoms with Gasteiger partial charge in [0.25, 0.3) is 0 Å². The van der Waals surface area contributed by atoms with E-state index in [0.717, 1.165) is 23.3 Å². The highest BCUT2D eigenvalue weighted by atomic mass is 15.0. The number of rotatable bonds is 4. The summed E-state index contributed by atoms with van der Waals surface area (Å²) in [7, 11) is 0. The molecule has 1 aliphatic rings. The maximum Gasteiger partial charge on any atom is 0.0561 e.